The van der Waals surface area contributed by atoms with Crippen LogP contribution in [0.2, 0.25) is 0 Å². The van der Waals surface area contributed by atoms with Crippen LogP contribution in [0.5, 0.6) is 0 Å². The molecule has 0 aliphatic rings. The Morgan fingerprint density at radius 3 is 2.72 bits per heavy atom. The smallest absolute Gasteiger partial charge is 0.257 e. The molecule has 1 aromatic heterocycles. The molecule has 1 aromatic rings. The zero-order valence-corrected chi connectivity index (χ0v) is 10.9. The molecule has 0 bridgehead atoms. The van der Waals surface area contributed by atoms with Gasteiger partial charge in [-0.15, -0.1) is 0 Å². The van der Waals surface area contributed by atoms with Gasteiger partial charge in [0.05, 0.1) is 18.3 Å². The lowest BCUT2D eigenvalue weighted by atomic mass is 10.3. The van der Waals surface area contributed by atoms with Gasteiger partial charge in [-0.05, 0) is 12.8 Å². The number of hydrogen-bond donors (Lipinski definition) is 2. The Morgan fingerprint density at radius 2 is 2.17 bits per heavy atom. The zero-order valence-electron chi connectivity index (χ0n) is 10.9. The molecular formula is C12H20N4O2. The summed E-state index contributed by atoms with van der Waals surface area (Å²) in [5, 5.41) is 9.10. The minimum Gasteiger partial charge on any atom is -0.355 e. The molecule has 0 saturated carbocycles. The molecule has 6 heteroatoms. The first-order valence-corrected chi connectivity index (χ1v) is 6.23. The summed E-state index contributed by atoms with van der Waals surface area (Å²) in [6.07, 6.45) is 4.70. The molecule has 0 saturated heterocycles. The lowest BCUT2D eigenvalue weighted by Crippen LogP contribution is -2.41. The molecule has 0 radical (unpaired) electrons. The third-order valence-electron chi connectivity index (χ3n) is 2.43. The summed E-state index contributed by atoms with van der Waals surface area (Å²) in [7, 11) is 0. The van der Waals surface area contributed by atoms with E-state index in [-0.39, 0.29) is 18.4 Å². The van der Waals surface area contributed by atoms with E-state index in [2.05, 4.69) is 15.5 Å². The van der Waals surface area contributed by atoms with E-state index in [1.54, 1.807) is 0 Å². The van der Waals surface area contributed by atoms with Gasteiger partial charge in [-0.3, -0.25) is 14.7 Å². The number of nitrogens with zero attached hydrogens (tertiary/aromatic N) is 2. The van der Waals surface area contributed by atoms with Crippen LogP contribution in [0.3, 0.4) is 0 Å². The van der Waals surface area contributed by atoms with E-state index < -0.39 is 0 Å². The van der Waals surface area contributed by atoms with Gasteiger partial charge < -0.3 is 10.2 Å². The average molecular weight is 252 g/mol. The van der Waals surface area contributed by atoms with E-state index in [0.717, 1.165) is 12.8 Å². The van der Waals surface area contributed by atoms with Crippen LogP contribution in [0.25, 0.3) is 0 Å². The fourth-order valence-electron chi connectivity index (χ4n) is 1.57. The van der Waals surface area contributed by atoms with Crippen LogP contribution in [0.1, 0.15) is 37.0 Å². The Labute approximate surface area is 107 Å². The predicted octanol–water partition coefficient (Wildman–Crippen LogP) is 0.788. The number of amides is 2. The van der Waals surface area contributed by atoms with Gasteiger partial charge in [-0.25, -0.2) is 0 Å². The molecule has 0 fully saturated rings. The van der Waals surface area contributed by atoms with E-state index in [4.69, 9.17) is 0 Å². The van der Waals surface area contributed by atoms with E-state index in [1.807, 2.05) is 13.8 Å². The molecule has 0 unspecified atom stereocenters. The highest BCUT2D eigenvalue weighted by Gasteiger charge is 2.18. The quantitative estimate of drug-likeness (QED) is 0.753. The lowest BCUT2D eigenvalue weighted by molar-refractivity contribution is -0.121. The van der Waals surface area contributed by atoms with E-state index in [1.165, 1.54) is 17.3 Å². The van der Waals surface area contributed by atoms with Gasteiger partial charge in [0, 0.05) is 19.3 Å². The standard InChI is InChI=1S/C12H20N4O2/c1-3-5-13-11(17)9-16(6-4-2)12(18)10-7-14-15-8-10/h7-8H,3-6,9H2,1-2H3,(H,13,17)(H,14,15). The highest BCUT2D eigenvalue weighted by atomic mass is 16.2. The second-order valence-corrected chi connectivity index (χ2v) is 4.06. The molecule has 0 aliphatic heterocycles. The van der Waals surface area contributed by atoms with Crippen LogP contribution >= 0.6 is 0 Å². The van der Waals surface area contributed by atoms with Gasteiger partial charge in [-0.2, -0.15) is 5.10 Å². The van der Waals surface area contributed by atoms with Crippen molar-refractivity contribution in [1.82, 2.24) is 20.4 Å². The Hall–Kier alpha value is -1.85. The maximum Gasteiger partial charge on any atom is 0.257 e. The first kappa shape index (κ1) is 14.2. The van der Waals surface area contributed by atoms with Gasteiger partial charge in [0.1, 0.15) is 0 Å². The van der Waals surface area contributed by atoms with Crippen LogP contribution in [-0.4, -0.2) is 46.5 Å². The monoisotopic (exact) mass is 252 g/mol. The van der Waals surface area contributed by atoms with Crippen molar-refractivity contribution in [3.05, 3.63) is 18.0 Å². The third-order valence-corrected chi connectivity index (χ3v) is 2.43. The first-order valence-electron chi connectivity index (χ1n) is 6.23. The Bertz CT molecular complexity index is 375. The predicted molar refractivity (Wildman–Crippen MR) is 68.1 cm³/mol. The number of aromatic amines is 1. The van der Waals surface area contributed by atoms with Gasteiger partial charge in [0.25, 0.3) is 5.91 Å². The number of H-pyrrole nitrogens is 1. The number of rotatable bonds is 7. The second-order valence-electron chi connectivity index (χ2n) is 4.06. The van der Waals surface area contributed by atoms with Crippen LogP contribution in [-0.2, 0) is 4.79 Å². The van der Waals surface area contributed by atoms with Crippen molar-refractivity contribution in [2.45, 2.75) is 26.7 Å². The largest absolute Gasteiger partial charge is 0.355 e. The highest BCUT2D eigenvalue weighted by Crippen LogP contribution is 2.03. The van der Waals surface area contributed by atoms with Crippen molar-refractivity contribution in [2.75, 3.05) is 19.6 Å². The molecule has 0 aromatic carbocycles. The molecule has 2 amide bonds. The number of carbonyl (C=O) groups is 2. The Kier molecular flexibility index (Phi) is 5.90. The highest BCUT2D eigenvalue weighted by molar-refractivity contribution is 5.96. The second kappa shape index (κ2) is 7.47. The number of hydrogen-bond acceptors (Lipinski definition) is 3. The van der Waals surface area contributed by atoms with Crippen LogP contribution in [0.15, 0.2) is 12.4 Å². The van der Waals surface area contributed by atoms with Crippen molar-refractivity contribution >= 4 is 11.8 Å². The minimum absolute atomic E-state index is 0.0951. The maximum absolute atomic E-state index is 12.1. The van der Waals surface area contributed by atoms with Crippen molar-refractivity contribution in [2.24, 2.45) is 0 Å². The van der Waals surface area contributed by atoms with Crippen LogP contribution < -0.4 is 5.32 Å². The molecule has 1 heterocycles. The Morgan fingerprint density at radius 1 is 1.39 bits per heavy atom. The molecule has 0 aliphatic carbocycles. The summed E-state index contributed by atoms with van der Waals surface area (Å²) in [6.45, 7) is 5.25. The lowest BCUT2D eigenvalue weighted by Gasteiger charge is -2.20. The summed E-state index contributed by atoms with van der Waals surface area (Å²) < 4.78 is 0. The molecule has 18 heavy (non-hydrogen) atoms. The zero-order chi connectivity index (χ0) is 13.4. The fourth-order valence-corrected chi connectivity index (χ4v) is 1.57. The summed E-state index contributed by atoms with van der Waals surface area (Å²) in [6, 6.07) is 0. The summed E-state index contributed by atoms with van der Waals surface area (Å²) in [4.78, 5) is 25.3. The average Bonchev–Trinajstić information content (AvgIpc) is 2.88. The number of nitrogens with one attached hydrogen (secondary N) is 2. The topological polar surface area (TPSA) is 78.1 Å². The Balaban J connectivity index is 2.59. The minimum atomic E-state index is -0.169. The summed E-state index contributed by atoms with van der Waals surface area (Å²) in [5.41, 5.74) is 0.478. The molecule has 2 N–H and O–H groups in total. The molecule has 0 spiro atoms. The van der Waals surface area contributed by atoms with Crippen LogP contribution in [0.4, 0.5) is 0 Å². The SMILES string of the molecule is CCCNC(=O)CN(CCC)C(=O)c1cn[nH]c1. The first-order chi connectivity index (χ1) is 8.69. The summed E-state index contributed by atoms with van der Waals surface area (Å²) in [5.74, 6) is -0.292. The fraction of sp³-hybridized carbons (Fsp3) is 0.583. The van der Waals surface area contributed by atoms with Crippen molar-refractivity contribution in [3.63, 3.8) is 0 Å². The van der Waals surface area contributed by atoms with Crippen molar-refractivity contribution < 1.29 is 9.59 Å². The maximum atomic E-state index is 12.1. The molecule has 1 rings (SSSR count). The molecule has 100 valence electrons. The van der Waals surface area contributed by atoms with Crippen LogP contribution in [0, 0.1) is 0 Å². The molecule has 6 nitrogen and oxygen atoms in total. The van der Waals surface area contributed by atoms with E-state index in [0.29, 0.717) is 18.7 Å². The molecular weight excluding hydrogens is 232 g/mol. The third kappa shape index (κ3) is 4.20. The van der Waals surface area contributed by atoms with Gasteiger partial charge >= 0.3 is 0 Å². The molecule has 0 atom stereocenters. The normalized spacial score (nSPS) is 10.1. The van der Waals surface area contributed by atoms with Gasteiger partial charge in [0.15, 0.2) is 0 Å². The summed E-state index contributed by atoms with van der Waals surface area (Å²) >= 11 is 0. The van der Waals surface area contributed by atoms with Gasteiger partial charge in [-0.1, -0.05) is 13.8 Å². The van der Waals surface area contributed by atoms with Gasteiger partial charge in [0.2, 0.25) is 5.91 Å². The van der Waals surface area contributed by atoms with Crippen molar-refractivity contribution in [1.29, 1.82) is 0 Å². The van der Waals surface area contributed by atoms with E-state index in [9.17, 15) is 9.59 Å². The number of aromatic nitrogens is 2. The number of carbonyl (C=O) groups excluding carboxylic acids is 2. The van der Waals surface area contributed by atoms with E-state index >= 15 is 0 Å². The van der Waals surface area contributed by atoms with Crippen molar-refractivity contribution in [3.8, 4) is 0 Å².